The normalized spacial score (nSPS) is 19.0. The predicted octanol–water partition coefficient (Wildman–Crippen LogP) is 2.45. The molecule has 0 radical (unpaired) electrons. The molecular formula is C19H26N2O3. The van der Waals surface area contributed by atoms with Gasteiger partial charge in [0.1, 0.15) is 5.75 Å². The highest BCUT2D eigenvalue weighted by atomic mass is 16.5. The molecule has 130 valence electrons. The Balaban J connectivity index is 1.43. The fourth-order valence-electron chi connectivity index (χ4n) is 3.23. The summed E-state index contributed by atoms with van der Waals surface area (Å²) in [5.74, 6) is 0.836. The topological polar surface area (TPSA) is 46.9 Å². The van der Waals surface area contributed by atoms with Gasteiger partial charge in [0.25, 0.3) is 0 Å². The molecule has 2 heterocycles. The van der Waals surface area contributed by atoms with E-state index in [1.807, 2.05) is 24.3 Å². The van der Waals surface area contributed by atoms with Crippen LogP contribution in [0.3, 0.4) is 0 Å². The van der Waals surface area contributed by atoms with Gasteiger partial charge in [-0.25, -0.2) is 0 Å². The van der Waals surface area contributed by atoms with Gasteiger partial charge in [-0.3, -0.25) is 4.90 Å². The van der Waals surface area contributed by atoms with Crippen molar-refractivity contribution < 1.29 is 14.6 Å². The lowest BCUT2D eigenvalue weighted by atomic mass is 10.1. The molecular weight excluding hydrogens is 304 g/mol. The Kier molecular flexibility index (Phi) is 5.56. The maximum absolute atomic E-state index is 10.3. The average molecular weight is 330 g/mol. The van der Waals surface area contributed by atoms with Crippen LogP contribution >= 0.6 is 0 Å². The third-order valence-electron chi connectivity index (χ3n) is 4.65. The van der Waals surface area contributed by atoms with Crippen LogP contribution in [-0.2, 0) is 17.9 Å². The number of hydrogen-bond donors (Lipinski definition) is 1. The van der Waals surface area contributed by atoms with E-state index in [1.165, 1.54) is 5.69 Å². The lowest BCUT2D eigenvalue weighted by Gasteiger charge is -2.36. The summed E-state index contributed by atoms with van der Waals surface area (Å²) in [6.07, 6.45) is 1.64. The first kappa shape index (κ1) is 17.0. The van der Waals surface area contributed by atoms with Crippen molar-refractivity contribution in [1.82, 2.24) is 9.47 Å². The van der Waals surface area contributed by atoms with Crippen molar-refractivity contribution in [3.05, 3.63) is 53.9 Å². The fourth-order valence-corrected chi connectivity index (χ4v) is 3.23. The highest BCUT2D eigenvalue weighted by Gasteiger charge is 2.25. The molecule has 1 N–H and O–H groups in total. The zero-order chi connectivity index (χ0) is 16.9. The number of methoxy groups -OCH3 is 1. The summed E-state index contributed by atoms with van der Waals surface area (Å²) in [6.45, 7) is 5.60. The van der Waals surface area contributed by atoms with E-state index in [0.29, 0.717) is 25.8 Å². The monoisotopic (exact) mass is 330 g/mol. The minimum atomic E-state index is -0.479. The molecule has 1 aliphatic rings. The van der Waals surface area contributed by atoms with E-state index in [2.05, 4.69) is 34.7 Å². The molecule has 1 aromatic heterocycles. The first-order valence-corrected chi connectivity index (χ1v) is 8.45. The van der Waals surface area contributed by atoms with Crippen molar-refractivity contribution in [2.24, 2.45) is 0 Å². The smallest absolute Gasteiger partial charge is 0.118 e. The van der Waals surface area contributed by atoms with Gasteiger partial charge in [-0.05, 0) is 36.8 Å². The zero-order valence-corrected chi connectivity index (χ0v) is 14.4. The number of benzene rings is 1. The van der Waals surface area contributed by atoms with Gasteiger partial charge >= 0.3 is 0 Å². The molecule has 0 saturated heterocycles. The number of ether oxygens (including phenoxy) is 2. The van der Waals surface area contributed by atoms with E-state index >= 15 is 0 Å². The van der Waals surface area contributed by atoms with Crippen molar-refractivity contribution in [1.29, 1.82) is 0 Å². The maximum atomic E-state index is 10.3. The largest absolute Gasteiger partial charge is 0.497 e. The van der Waals surface area contributed by atoms with E-state index in [-0.39, 0.29) is 0 Å². The molecule has 3 rings (SSSR count). The van der Waals surface area contributed by atoms with Gasteiger partial charge in [-0.1, -0.05) is 12.1 Å². The van der Waals surface area contributed by atoms with Crippen LogP contribution in [0, 0.1) is 0 Å². The quantitative estimate of drug-likeness (QED) is 0.847. The number of aliphatic hydroxyl groups is 1. The summed E-state index contributed by atoms with van der Waals surface area (Å²) >= 11 is 0. The molecule has 2 aromatic rings. The third kappa shape index (κ3) is 3.98. The van der Waals surface area contributed by atoms with Gasteiger partial charge in [-0.15, -0.1) is 0 Å². The number of fused-ring (bicyclic) bond motifs is 1. The Bertz CT molecular complexity index is 638. The number of nitrogens with zero attached hydrogens (tertiary/aromatic N) is 2. The van der Waals surface area contributed by atoms with E-state index in [1.54, 1.807) is 7.11 Å². The molecule has 0 bridgehead atoms. The highest BCUT2D eigenvalue weighted by molar-refractivity contribution is 5.26. The molecule has 2 atom stereocenters. The Labute approximate surface area is 143 Å². The van der Waals surface area contributed by atoms with Crippen molar-refractivity contribution in [2.45, 2.75) is 32.2 Å². The van der Waals surface area contributed by atoms with E-state index in [4.69, 9.17) is 9.47 Å². The van der Waals surface area contributed by atoms with Crippen LogP contribution in [0.2, 0.25) is 0 Å². The van der Waals surface area contributed by atoms with Gasteiger partial charge in [0.2, 0.25) is 0 Å². The molecule has 0 amide bonds. The fraction of sp³-hybridized carbons (Fsp3) is 0.474. The van der Waals surface area contributed by atoms with Crippen LogP contribution in [0.5, 0.6) is 5.75 Å². The van der Waals surface area contributed by atoms with Gasteiger partial charge in [0.15, 0.2) is 0 Å². The molecule has 1 aliphatic heterocycles. The van der Waals surface area contributed by atoms with Crippen LogP contribution < -0.4 is 4.74 Å². The third-order valence-corrected chi connectivity index (χ3v) is 4.65. The first-order valence-electron chi connectivity index (χ1n) is 8.45. The molecule has 0 spiro atoms. The number of aromatic nitrogens is 1. The highest BCUT2D eigenvalue weighted by Crippen LogP contribution is 2.25. The molecule has 5 nitrogen and oxygen atoms in total. The lowest BCUT2D eigenvalue weighted by molar-refractivity contribution is -0.000827. The molecule has 24 heavy (non-hydrogen) atoms. The van der Waals surface area contributed by atoms with Gasteiger partial charge < -0.3 is 19.1 Å². The van der Waals surface area contributed by atoms with Crippen molar-refractivity contribution >= 4 is 0 Å². The molecule has 1 aromatic carbocycles. The van der Waals surface area contributed by atoms with Gasteiger partial charge in [0.05, 0.1) is 26.4 Å². The van der Waals surface area contributed by atoms with Crippen molar-refractivity contribution in [3.63, 3.8) is 0 Å². The predicted molar refractivity (Wildman–Crippen MR) is 93.1 cm³/mol. The summed E-state index contributed by atoms with van der Waals surface area (Å²) in [5, 5.41) is 10.3. The zero-order valence-electron chi connectivity index (χ0n) is 14.4. The maximum Gasteiger partial charge on any atom is 0.118 e. The Hall–Kier alpha value is -1.82. The Morgan fingerprint density at radius 2 is 2.00 bits per heavy atom. The number of β-amino-alcohol motifs (C(OH)–C–C–N with tert-alkyl or cyclic N) is 1. The van der Waals surface area contributed by atoms with Gasteiger partial charge in [0, 0.05) is 37.6 Å². The molecule has 5 heteroatoms. The molecule has 0 aliphatic carbocycles. The summed E-state index contributed by atoms with van der Waals surface area (Å²) in [4.78, 5) is 2.32. The SMILES string of the molecule is COc1ccc(COC[C@@H](O)CN2CCn3cccc3[C@@H]2C)cc1. The standard InChI is InChI=1S/C19H26N2O3/c1-15-19-4-3-9-20(19)10-11-21(15)12-17(22)14-24-13-16-5-7-18(23-2)8-6-16/h3-9,15,17,22H,10-14H2,1-2H3/t15-,17-/m0/s1. The number of hydrogen-bond acceptors (Lipinski definition) is 4. The molecule has 0 fully saturated rings. The van der Waals surface area contributed by atoms with Gasteiger partial charge in [-0.2, -0.15) is 0 Å². The number of aliphatic hydroxyl groups excluding tert-OH is 1. The minimum Gasteiger partial charge on any atom is -0.497 e. The Morgan fingerprint density at radius 3 is 2.75 bits per heavy atom. The summed E-state index contributed by atoms with van der Waals surface area (Å²) in [6, 6.07) is 12.4. The summed E-state index contributed by atoms with van der Waals surface area (Å²) < 4.78 is 13.1. The second kappa shape index (κ2) is 7.83. The summed E-state index contributed by atoms with van der Waals surface area (Å²) in [5.41, 5.74) is 2.39. The van der Waals surface area contributed by atoms with E-state index < -0.39 is 6.10 Å². The van der Waals surface area contributed by atoms with Crippen LogP contribution in [0.25, 0.3) is 0 Å². The van der Waals surface area contributed by atoms with Crippen LogP contribution in [0.1, 0.15) is 24.2 Å². The minimum absolute atomic E-state index is 0.324. The summed E-state index contributed by atoms with van der Waals surface area (Å²) in [7, 11) is 1.65. The lowest BCUT2D eigenvalue weighted by Crippen LogP contribution is -2.42. The Morgan fingerprint density at radius 1 is 1.21 bits per heavy atom. The second-order valence-corrected chi connectivity index (χ2v) is 6.31. The average Bonchev–Trinajstić information content (AvgIpc) is 3.07. The molecule has 0 saturated carbocycles. The van der Waals surface area contributed by atoms with Crippen molar-refractivity contribution in [3.8, 4) is 5.75 Å². The molecule has 0 unspecified atom stereocenters. The van der Waals surface area contributed by atoms with Crippen molar-refractivity contribution in [2.75, 3.05) is 26.8 Å². The van der Waals surface area contributed by atoms with E-state index in [0.717, 1.165) is 24.4 Å². The number of rotatable bonds is 7. The van der Waals surface area contributed by atoms with E-state index in [9.17, 15) is 5.11 Å². The first-order chi connectivity index (χ1) is 11.7. The van der Waals surface area contributed by atoms with Crippen LogP contribution in [0.15, 0.2) is 42.6 Å². The second-order valence-electron chi connectivity index (χ2n) is 6.31. The van der Waals surface area contributed by atoms with Crippen LogP contribution in [0.4, 0.5) is 0 Å². The van der Waals surface area contributed by atoms with Crippen LogP contribution in [-0.4, -0.2) is 47.5 Å².